The van der Waals surface area contributed by atoms with Crippen LogP contribution in [-0.2, 0) is 0 Å². The Hall–Kier alpha value is 0.0200. The average molecular weight is 454 g/mol. The molecule has 0 saturated heterocycles. The minimum absolute atomic E-state index is 0.516. The van der Waals surface area contributed by atoms with Crippen LogP contribution in [-0.4, -0.2) is 9.97 Å². The van der Waals surface area contributed by atoms with Gasteiger partial charge in [0.2, 0.25) is 0 Å². The molecular weight excluding hydrogens is 446 g/mol. The Bertz CT molecular complexity index is 603. The molecule has 94 valence electrons. The first-order valence-electron chi connectivity index (χ1n) is 5.34. The van der Waals surface area contributed by atoms with Crippen LogP contribution in [0.5, 0.6) is 0 Å². The highest BCUT2D eigenvalue weighted by Crippen LogP contribution is 2.45. The fourth-order valence-corrected chi connectivity index (χ4v) is 4.15. The second-order valence-electron chi connectivity index (χ2n) is 4.14. The molecule has 18 heavy (non-hydrogen) atoms. The second-order valence-corrected chi connectivity index (χ2v) is 8.16. The largest absolute Gasteiger partial charge is 0.383 e. The van der Waals surface area contributed by atoms with Crippen LogP contribution in [0, 0.1) is 0 Å². The maximum atomic E-state index is 5.95. The highest BCUT2D eigenvalue weighted by molar-refractivity contribution is 9.13. The predicted molar refractivity (Wildman–Crippen MR) is 84.8 cm³/mol. The summed E-state index contributed by atoms with van der Waals surface area (Å²) in [6.45, 7) is 0. The van der Waals surface area contributed by atoms with Gasteiger partial charge in [-0.3, -0.25) is 0 Å². The molecule has 0 atom stereocenters. The van der Waals surface area contributed by atoms with Crippen LogP contribution < -0.4 is 5.73 Å². The minimum Gasteiger partial charge on any atom is -0.383 e. The van der Waals surface area contributed by atoms with Gasteiger partial charge in [0, 0.05) is 10.4 Å². The first-order chi connectivity index (χ1) is 8.56. The number of nitrogens with zero attached hydrogens (tertiary/aromatic N) is 2. The Morgan fingerprint density at radius 1 is 1.22 bits per heavy atom. The summed E-state index contributed by atoms with van der Waals surface area (Å²) in [5.41, 5.74) is 6.99. The van der Waals surface area contributed by atoms with Crippen molar-refractivity contribution in [3.63, 3.8) is 0 Å². The fraction of sp³-hybridized carbons (Fsp3) is 0.273. The van der Waals surface area contributed by atoms with E-state index in [1.807, 2.05) is 6.07 Å². The van der Waals surface area contributed by atoms with Gasteiger partial charge < -0.3 is 5.73 Å². The van der Waals surface area contributed by atoms with E-state index < -0.39 is 0 Å². The van der Waals surface area contributed by atoms with Crippen molar-refractivity contribution in [2.24, 2.45) is 0 Å². The summed E-state index contributed by atoms with van der Waals surface area (Å²) >= 11 is 12.0. The van der Waals surface area contributed by atoms with Crippen LogP contribution in [0.3, 0.4) is 0 Å². The van der Waals surface area contributed by atoms with Gasteiger partial charge in [-0.25, -0.2) is 9.97 Å². The number of aromatic nitrogens is 2. The van der Waals surface area contributed by atoms with Crippen molar-refractivity contribution < 1.29 is 0 Å². The Balaban J connectivity index is 2.12. The lowest BCUT2D eigenvalue weighted by Crippen LogP contribution is -2.01. The summed E-state index contributed by atoms with van der Waals surface area (Å²) in [4.78, 5) is 10.0. The van der Waals surface area contributed by atoms with Crippen molar-refractivity contribution in [3.8, 4) is 10.7 Å². The van der Waals surface area contributed by atoms with Gasteiger partial charge in [-0.1, -0.05) is 0 Å². The molecule has 2 N–H and O–H groups in total. The predicted octanol–water partition coefficient (Wildman–Crippen LogP) is 4.95. The van der Waals surface area contributed by atoms with E-state index in [4.69, 9.17) is 5.73 Å². The Morgan fingerprint density at radius 3 is 2.50 bits per heavy atom. The molecule has 1 fully saturated rings. The number of halogens is 3. The van der Waals surface area contributed by atoms with Gasteiger partial charge in [-0.05, 0) is 66.7 Å². The van der Waals surface area contributed by atoms with Gasteiger partial charge in [0.15, 0.2) is 5.82 Å². The molecule has 3 rings (SSSR count). The minimum atomic E-state index is 0.516. The van der Waals surface area contributed by atoms with Crippen LogP contribution in [0.25, 0.3) is 10.7 Å². The molecule has 3 nitrogen and oxygen atoms in total. The van der Waals surface area contributed by atoms with E-state index in [0.29, 0.717) is 17.6 Å². The zero-order valence-corrected chi connectivity index (χ0v) is 14.7. The molecule has 2 heterocycles. The molecule has 0 unspecified atom stereocenters. The van der Waals surface area contributed by atoms with Gasteiger partial charge in [-0.15, -0.1) is 11.3 Å². The van der Waals surface area contributed by atoms with E-state index in [1.165, 1.54) is 12.8 Å². The molecule has 0 spiro atoms. The Labute approximate surface area is 134 Å². The van der Waals surface area contributed by atoms with Gasteiger partial charge >= 0.3 is 0 Å². The molecule has 1 saturated carbocycles. The second kappa shape index (κ2) is 4.85. The summed E-state index contributed by atoms with van der Waals surface area (Å²) in [5.74, 6) is 1.76. The Morgan fingerprint density at radius 2 is 1.94 bits per heavy atom. The number of hydrogen-bond acceptors (Lipinski definition) is 4. The van der Waals surface area contributed by atoms with E-state index >= 15 is 0 Å². The molecule has 2 aromatic rings. The zero-order valence-electron chi connectivity index (χ0n) is 9.08. The highest BCUT2D eigenvalue weighted by Gasteiger charge is 2.29. The van der Waals surface area contributed by atoms with Crippen molar-refractivity contribution in [3.05, 3.63) is 24.5 Å². The van der Waals surface area contributed by atoms with Crippen molar-refractivity contribution in [1.82, 2.24) is 9.97 Å². The summed E-state index contributed by atoms with van der Waals surface area (Å²) in [5, 5.41) is 0. The summed E-state index contributed by atoms with van der Waals surface area (Å²) in [7, 11) is 0. The maximum Gasteiger partial charge on any atom is 0.172 e. The van der Waals surface area contributed by atoms with E-state index in [2.05, 4.69) is 57.8 Å². The normalized spacial score (nSPS) is 15.1. The average Bonchev–Trinajstić information content (AvgIpc) is 3.10. The van der Waals surface area contributed by atoms with Crippen LogP contribution in [0.2, 0.25) is 0 Å². The molecule has 1 aliphatic rings. The smallest absolute Gasteiger partial charge is 0.172 e. The quantitative estimate of drug-likeness (QED) is 0.699. The third-order valence-corrected chi connectivity index (χ3v) is 6.80. The number of hydrogen-bond donors (Lipinski definition) is 1. The van der Waals surface area contributed by atoms with Crippen LogP contribution in [0.15, 0.2) is 18.8 Å². The lowest BCUT2D eigenvalue weighted by Gasteiger charge is -2.06. The molecule has 0 aliphatic heterocycles. The van der Waals surface area contributed by atoms with Crippen LogP contribution in [0.4, 0.5) is 5.82 Å². The van der Waals surface area contributed by atoms with Gasteiger partial charge in [0.1, 0.15) is 5.82 Å². The molecule has 0 bridgehead atoms. The summed E-state index contributed by atoms with van der Waals surface area (Å²) in [6.07, 6.45) is 2.37. The zero-order chi connectivity index (χ0) is 12.9. The molecular formula is C11H8Br3N3S. The summed E-state index contributed by atoms with van der Waals surface area (Å²) < 4.78 is 2.90. The van der Waals surface area contributed by atoms with Crippen molar-refractivity contribution in [2.45, 2.75) is 18.8 Å². The Kier molecular flexibility index (Phi) is 3.51. The first-order valence-corrected chi connectivity index (χ1v) is 8.54. The molecule has 0 radical (unpaired) electrons. The van der Waals surface area contributed by atoms with E-state index in [9.17, 15) is 0 Å². The molecule has 0 aromatic carbocycles. The fourth-order valence-electron chi connectivity index (χ4n) is 1.68. The molecule has 0 amide bonds. The maximum absolute atomic E-state index is 5.95. The van der Waals surface area contributed by atoms with Crippen LogP contribution in [0.1, 0.15) is 24.5 Å². The molecule has 7 heteroatoms. The monoisotopic (exact) mass is 451 g/mol. The van der Waals surface area contributed by atoms with E-state index in [1.54, 1.807) is 11.3 Å². The van der Waals surface area contributed by atoms with Crippen LogP contribution >= 0.6 is 59.1 Å². The number of nitrogen functional groups attached to an aromatic ring is 1. The number of thiophene rings is 1. The topological polar surface area (TPSA) is 51.8 Å². The van der Waals surface area contributed by atoms with E-state index in [0.717, 1.165) is 23.3 Å². The number of anilines is 1. The summed E-state index contributed by atoms with van der Waals surface area (Å²) in [6, 6.07) is 2.01. The van der Waals surface area contributed by atoms with E-state index in [-0.39, 0.29) is 0 Å². The lowest BCUT2D eigenvalue weighted by molar-refractivity contribution is 0.986. The third-order valence-electron chi connectivity index (χ3n) is 2.73. The lowest BCUT2D eigenvalue weighted by atomic mass is 10.2. The highest BCUT2D eigenvalue weighted by atomic mass is 79.9. The van der Waals surface area contributed by atoms with Gasteiger partial charge in [0.25, 0.3) is 0 Å². The number of rotatable bonds is 2. The molecule has 1 aliphatic carbocycles. The van der Waals surface area contributed by atoms with Crippen molar-refractivity contribution >= 4 is 64.9 Å². The third kappa shape index (κ3) is 2.37. The van der Waals surface area contributed by atoms with Gasteiger partial charge in [0.05, 0.1) is 18.8 Å². The first kappa shape index (κ1) is 13.0. The van der Waals surface area contributed by atoms with Gasteiger partial charge in [-0.2, -0.15) is 0 Å². The standard InChI is InChI=1S/C11H8Br3N3S/c12-5-3-6(18-9(5)14)11-16-8(4-1-2-4)7(13)10(15)17-11/h3-4H,1-2H2,(H2,15,16,17). The van der Waals surface area contributed by atoms with Crippen molar-refractivity contribution in [1.29, 1.82) is 0 Å². The molecule has 2 aromatic heterocycles. The SMILES string of the molecule is Nc1nc(-c2cc(Br)c(Br)s2)nc(C2CC2)c1Br. The van der Waals surface area contributed by atoms with Crippen molar-refractivity contribution in [2.75, 3.05) is 5.73 Å². The number of nitrogens with two attached hydrogens (primary N) is 1.